The fraction of sp³-hybridized carbons (Fsp3) is 0.240. The highest BCUT2D eigenvalue weighted by molar-refractivity contribution is 7.99. The Morgan fingerprint density at radius 3 is 2.31 bits per heavy atom. The average molecular weight is 406 g/mol. The zero-order chi connectivity index (χ0) is 20.5. The normalized spacial score (nSPS) is 11.7. The molecule has 1 atom stereocenters. The molecule has 0 radical (unpaired) electrons. The van der Waals surface area contributed by atoms with Gasteiger partial charge in [-0.15, -0.1) is 11.8 Å². The number of ether oxygens (including phenoxy) is 1. The molecule has 3 rings (SSSR count). The number of benzene rings is 3. The second-order valence-electron chi connectivity index (χ2n) is 6.88. The Kier molecular flexibility index (Phi) is 7.77. The molecular formula is C25H27NO2S. The van der Waals surface area contributed by atoms with Gasteiger partial charge < -0.3 is 10.1 Å². The smallest absolute Gasteiger partial charge is 0.251 e. The van der Waals surface area contributed by atoms with Crippen molar-refractivity contribution in [1.29, 1.82) is 0 Å². The average Bonchev–Trinajstić information content (AvgIpc) is 2.77. The van der Waals surface area contributed by atoms with Gasteiger partial charge in [-0.3, -0.25) is 4.79 Å². The third-order valence-electron chi connectivity index (χ3n) is 4.67. The lowest BCUT2D eigenvalue weighted by molar-refractivity contribution is 0.0935. The molecule has 0 bridgehead atoms. The summed E-state index contributed by atoms with van der Waals surface area (Å²) >= 11 is 1.77. The van der Waals surface area contributed by atoms with E-state index in [0.29, 0.717) is 12.2 Å². The third kappa shape index (κ3) is 6.40. The molecule has 0 heterocycles. The molecule has 1 N–H and O–H groups in total. The minimum Gasteiger partial charge on any atom is -0.493 e. The van der Waals surface area contributed by atoms with Crippen molar-refractivity contribution in [1.82, 2.24) is 5.32 Å². The van der Waals surface area contributed by atoms with E-state index in [0.717, 1.165) is 23.5 Å². The highest BCUT2D eigenvalue weighted by Gasteiger charge is 2.14. The second-order valence-corrected chi connectivity index (χ2v) is 8.05. The molecule has 1 amide bonds. The van der Waals surface area contributed by atoms with Gasteiger partial charge >= 0.3 is 0 Å². The molecule has 0 aliphatic carbocycles. The van der Waals surface area contributed by atoms with Crippen molar-refractivity contribution < 1.29 is 9.53 Å². The molecule has 29 heavy (non-hydrogen) atoms. The second kappa shape index (κ2) is 10.7. The van der Waals surface area contributed by atoms with E-state index in [1.54, 1.807) is 11.8 Å². The van der Waals surface area contributed by atoms with Crippen molar-refractivity contribution >= 4 is 17.7 Å². The standard InChI is InChI=1S/C25H27NO2S/c1-3-24(20-11-9-19(2)10-12-20)26-25(27)21-13-15-22(16-14-21)28-17-18-29-23-7-5-4-6-8-23/h4-16,24H,3,17-18H2,1-2H3,(H,26,27)/t24-/m1/s1. The van der Waals surface area contributed by atoms with E-state index in [9.17, 15) is 4.79 Å². The highest BCUT2D eigenvalue weighted by Crippen LogP contribution is 2.20. The maximum absolute atomic E-state index is 12.6. The molecule has 0 aliphatic rings. The van der Waals surface area contributed by atoms with Crippen molar-refractivity contribution in [2.45, 2.75) is 31.2 Å². The Hall–Kier alpha value is -2.72. The van der Waals surface area contributed by atoms with Crippen molar-refractivity contribution in [3.63, 3.8) is 0 Å². The molecule has 0 fully saturated rings. The van der Waals surface area contributed by atoms with Gasteiger partial charge in [-0.25, -0.2) is 0 Å². The van der Waals surface area contributed by atoms with Crippen LogP contribution >= 0.6 is 11.8 Å². The van der Waals surface area contributed by atoms with Gasteiger partial charge in [0.05, 0.1) is 12.6 Å². The topological polar surface area (TPSA) is 38.3 Å². The lowest BCUT2D eigenvalue weighted by atomic mass is 10.0. The van der Waals surface area contributed by atoms with E-state index < -0.39 is 0 Å². The molecule has 0 aromatic heterocycles. The van der Waals surface area contributed by atoms with E-state index in [1.807, 2.05) is 42.5 Å². The Labute approximate surface area is 177 Å². The van der Waals surface area contributed by atoms with Crippen LogP contribution in [0.4, 0.5) is 0 Å². The predicted molar refractivity (Wildman–Crippen MR) is 121 cm³/mol. The van der Waals surface area contributed by atoms with Crippen LogP contribution in [0.1, 0.15) is 40.9 Å². The predicted octanol–water partition coefficient (Wildman–Crippen LogP) is 6.05. The summed E-state index contributed by atoms with van der Waals surface area (Å²) in [6.07, 6.45) is 0.842. The van der Waals surface area contributed by atoms with Gasteiger partial charge in [-0.05, 0) is 55.3 Å². The van der Waals surface area contributed by atoms with E-state index >= 15 is 0 Å². The van der Waals surface area contributed by atoms with Crippen LogP contribution < -0.4 is 10.1 Å². The summed E-state index contributed by atoms with van der Waals surface area (Å²) in [7, 11) is 0. The molecule has 3 aromatic rings. The summed E-state index contributed by atoms with van der Waals surface area (Å²) < 4.78 is 5.79. The van der Waals surface area contributed by atoms with Crippen LogP contribution in [0.5, 0.6) is 5.75 Å². The lowest BCUT2D eigenvalue weighted by Gasteiger charge is -2.18. The van der Waals surface area contributed by atoms with E-state index in [-0.39, 0.29) is 11.9 Å². The van der Waals surface area contributed by atoms with Gasteiger partial charge in [0.25, 0.3) is 5.91 Å². The summed E-state index contributed by atoms with van der Waals surface area (Å²) in [5, 5.41) is 3.13. The van der Waals surface area contributed by atoms with Crippen LogP contribution in [0.2, 0.25) is 0 Å². The Morgan fingerprint density at radius 2 is 1.66 bits per heavy atom. The molecule has 0 unspecified atom stereocenters. The van der Waals surface area contributed by atoms with Gasteiger partial charge in [-0.1, -0.05) is 55.0 Å². The van der Waals surface area contributed by atoms with Crippen molar-refractivity contribution in [2.75, 3.05) is 12.4 Å². The first kappa shape index (κ1) is 21.0. The first-order valence-electron chi connectivity index (χ1n) is 9.94. The monoisotopic (exact) mass is 405 g/mol. The van der Waals surface area contributed by atoms with E-state index in [1.165, 1.54) is 10.5 Å². The zero-order valence-electron chi connectivity index (χ0n) is 16.9. The molecule has 4 heteroatoms. The molecule has 0 spiro atoms. The zero-order valence-corrected chi connectivity index (χ0v) is 17.7. The highest BCUT2D eigenvalue weighted by atomic mass is 32.2. The minimum absolute atomic E-state index is 0.00837. The van der Waals surface area contributed by atoms with Gasteiger partial charge in [0.15, 0.2) is 0 Å². The van der Waals surface area contributed by atoms with Gasteiger partial charge in [-0.2, -0.15) is 0 Å². The molecule has 3 aromatic carbocycles. The quantitative estimate of drug-likeness (QED) is 0.348. The van der Waals surface area contributed by atoms with Gasteiger partial charge in [0.2, 0.25) is 0 Å². The number of hydrogen-bond donors (Lipinski definition) is 1. The number of amides is 1. The van der Waals surface area contributed by atoms with Crippen molar-refractivity contribution in [3.05, 3.63) is 95.6 Å². The first-order chi connectivity index (χ1) is 14.2. The number of nitrogens with one attached hydrogen (secondary N) is 1. The molecular weight excluding hydrogens is 378 g/mol. The fourth-order valence-electron chi connectivity index (χ4n) is 3.00. The third-order valence-corrected chi connectivity index (χ3v) is 5.65. The number of hydrogen-bond acceptors (Lipinski definition) is 3. The van der Waals surface area contributed by atoms with Crippen LogP contribution in [0.3, 0.4) is 0 Å². The fourth-order valence-corrected chi connectivity index (χ4v) is 3.75. The summed E-state index contributed by atoms with van der Waals surface area (Å²) in [4.78, 5) is 13.9. The maximum Gasteiger partial charge on any atom is 0.251 e. The molecule has 0 saturated carbocycles. The molecule has 0 aliphatic heterocycles. The van der Waals surface area contributed by atoms with E-state index in [4.69, 9.17) is 4.74 Å². The summed E-state index contributed by atoms with van der Waals surface area (Å²) in [6, 6.07) is 25.9. The van der Waals surface area contributed by atoms with Crippen LogP contribution in [0.15, 0.2) is 83.8 Å². The van der Waals surface area contributed by atoms with Crippen LogP contribution in [-0.2, 0) is 0 Å². The minimum atomic E-state index is -0.0661. The maximum atomic E-state index is 12.6. The van der Waals surface area contributed by atoms with Gasteiger partial charge in [0.1, 0.15) is 5.75 Å². The van der Waals surface area contributed by atoms with Crippen molar-refractivity contribution in [3.8, 4) is 5.75 Å². The Bertz CT molecular complexity index is 892. The largest absolute Gasteiger partial charge is 0.493 e. The molecule has 0 saturated heterocycles. The molecule has 3 nitrogen and oxygen atoms in total. The SMILES string of the molecule is CC[C@@H](NC(=O)c1ccc(OCCSc2ccccc2)cc1)c1ccc(C)cc1. The van der Waals surface area contributed by atoms with Crippen LogP contribution in [-0.4, -0.2) is 18.3 Å². The summed E-state index contributed by atoms with van der Waals surface area (Å²) in [6.45, 7) is 4.76. The summed E-state index contributed by atoms with van der Waals surface area (Å²) in [5.41, 5.74) is 2.98. The first-order valence-corrected chi connectivity index (χ1v) is 10.9. The number of thioether (sulfide) groups is 1. The summed E-state index contributed by atoms with van der Waals surface area (Å²) in [5.74, 6) is 1.59. The van der Waals surface area contributed by atoms with Gasteiger partial charge in [0, 0.05) is 16.2 Å². The number of carbonyl (C=O) groups is 1. The Morgan fingerprint density at radius 1 is 0.966 bits per heavy atom. The number of carbonyl (C=O) groups excluding carboxylic acids is 1. The van der Waals surface area contributed by atoms with Crippen LogP contribution in [0, 0.1) is 6.92 Å². The lowest BCUT2D eigenvalue weighted by Crippen LogP contribution is -2.28. The van der Waals surface area contributed by atoms with E-state index in [2.05, 4.69) is 55.6 Å². The Balaban J connectivity index is 1.49. The number of aryl methyl sites for hydroxylation is 1. The van der Waals surface area contributed by atoms with Crippen molar-refractivity contribution in [2.24, 2.45) is 0 Å². The van der Waals surface area contributed by atoms with Crippen LogP contribution in [0.25, 0.3) is 0 Å². The molecule has 150 valence electrons. The number of rotatable bonds is 9.